The Morgan fingerprint density at radius 2 is 1.86 bits per heavy atom. The number of likely N-dealkylation sites (tertiary alicyclic amines) is 2. The molecule has 50 heavy (non-hydrogen) atoms. The van der Waals surface area contributed by atoms with Gasteiger partial charge in [-0.3, -0.25) is 14.7 Å². The maximum atomic E-state index is 13.6. The first-order valence-corrected chi connectivity index (χ1v) is 17.5. The Hall–Kier alpha value is -4.10. The molecule has 2 aromatic heterocycles. The largest absolute Gasteiger partial charge is 0.406 e. The van der Waals surface area contributed by atoms with Gasteiger partial charge in [-0.15, -0.1) is 0 Å². The third-order valence-corrected chi connectivity index (χ3v) is 10.5. The fraction of sp³-hybridized carbons (Fsp3) is 0.553. The molecule has 0 bridgehead atoms. The predicted molar refractivity (Wildman–Crippen MR) is 186 cm³/mol. The fourth-order valence-corrected chi connectivity index (χ4v) is 7.21. The van der Waals surface area contributed by atoms with Gasteiger partial charge in [-0.05, 0) is 106 Å². The van der Waals surface area contributed by atoms with Crippen molar-refractivity contribution in [1.82, 2.24) is 24.7 Å². The van der Waals surface area contributed by atoms with Crippen LogP contribution in [0.4, 0.5) is 18.9 Å². The molecule has 3 aliphatic rings. The lowest BCUT2D eigenvalue weighted by atomic mass is 9.78. The van der Waals surface area contributed by atoms with Gasteiger partial charge in [0.25, 0.3) is 0 Å². The maximum absolute atomic E-state index is 13.6. The third-order valence-electron chi connectivity index (χ3n) is 10.5. The number of anilines is 1. The zero-order valence-electron chi connectivity index (χ0n) is 28.9. The molecule has 0 aliphatic carbocycles. The quantitative estimate of drug-likeness (QED) is 0.289. The summed E-state index contributed by atoms with van der Waals surface area (Å²) in [4.78, 5) is 21.7. The lowest BCUT2D eigenvalue weighted by Crippen LogP contribution is -2.49. The van der Waals surface area contributed by atoms with Crippen molar-refractivity contribution in [2.24, 2.45) is 5.41 Å². The van der Waals surface area contributed by atoms with E-state index in [1.807, 2.05) is 17.0 Å². The normalized spacial score (nSPS) is 18.6. The summed E-state index contributed by atoms with van der Waals surface area (Å²) < 4.78 is 47.6. The van der Waals surface area contributed by atoms with Crippen LogP contribution >= 0.6 is 0 Å². The molecule has 0 atom stereocenters. The minimum absolute atomic E-state index is 0.206. The average Bonchev–Trinajstić information content (AvgIpc) is 3.70. The molecule has 3 saturated heterocycles. The molecule has 6 rings (SSSR count). The predicted octanol–water partition coefficient (Wildman–Crippen LogP) is 5.45. The van der Waals surface area contributed by atoms with E-state index in [4.69, 9.17) is 4.74 Å². The molecule has 12 heteroatoms. The number of carbonyl (C=O) groups excluding carboxylic acids is 1. The van der Waals surface area contributed by atoms with E-state index in [2.05, 4.69) is 38.4 Å². The highest BCUT2D eigenvalue weighted by atomic mass is 19.4. The van der Waals surface area contributed by atoms with Crippen LogP contribution < -0.4 is 10.6 Å². The van der Waals surface area contributed by atoms with Crippen LogP contribution in [0.2, 0.25) is 0 Å². The first kappa shape index (κ1) is 35.7. The van der Waals surface area contributed by atoms with E-state index in [0.717, 1.165) is 77.1 Å². The van der Waals surface area contributed by atoms with Crippen LogP contribution in [0.25, 0.3) is 10.9 Å². The van der Waals surface area contributed by atoms with Gasteiger partial charge < -0.3 is 24.8 Å². The Bertz CT molecular complexity index is 1740. The van der Waals surface area contributed by atoms with Crippen LogP contribution in [0, 0.1) is 28.6 Å². The summed E-state index contributed by atoms with van der Waals surface area (Å²) in [5.41, 5.74) is 2.73. The molecule has 3 fully saturated rings. The number of hydrogen-bond acceptors (Lipinski definition) is 7. The van der Waals surface area contributed by atoms with Crippen LogP contribution in [0.3, 0.4) is 0 Å². The molecular weight excluding hydrogens is 643 g/mol. The number of carbonyl (C=O) groups is 1. The molecule has 1 aromatic carbocycles. The van der Waals surface area contributed by atoms with Crippen LogP contribution in [-0.4, -0.2) is 90.0 Å². The number of benzene rings is 1. The highest BCUT2D eigenvalue weighted by Gasteiger charge is 2.38. The van der Waals surface area contributed by atoms with Gasteiger partial charge in [-0.25, -0.2) is 0 Å². The minimum Gasteiger partial charge on any atom is -0.381 e. The van der Waals surface area contributed by atoms with E-state index in [0.29, 0.717) is 46.5 Å². The molecule has 0 radical (unpaired) electrons. The van der Waals surface area contributed by atoms with Crippen LogP contribution in [0.5, 0.6) is 0 Å². The maximum Gasteiger partial charge on any atom is 0.406 e. The van der Waals surface area contributed by atoms with Crippen molar-refractivity contribution in [2.45, 2.75) is 76.7 Å². The highest BCUT2D eigenvalue weighted by Crippen LogP contribution is 2.39. The summed E-state index contributed by atoms with van der Waals surface area (Å²) >= 11 is 0. The van der Waals surface area contributed by atoms with E-state index in [-0.39, 0.29) is 18.5 Å². The van der Waals surface area contributed by atoms with Gasteiger partial charge >= 0.3 is 6.18 Å². The molecule has 3 aromatic rings. The molecule has 9 nitrogen and oxygen atoms in total. The van der Waals surface area contributed by atoms with E-state index >= 15 is 0 Å². The first-order valence-electron chi connectivity index (χ1n) is 17.5. The van der Waals surface area contributed by atoms with Crippen molar-refractivity contribution in [1.29, 1.82) is 5.26 Å². The van der Waals surface area contributed by atoms with Crippen molar-refractivity contribution in [3.8, 4) is 17.9 Å². The van der Waals surface area contributed by atoms with Gasteiger partial charge in [0.1, 0.15) is 6.54 Å². The van der Waals surface area contributed by atoms with E-state index < -0.39 is 18.1 Å². The number of piperidine rings is 2. The van der Waals surface area contributed by atoms with Crippen LogP contribution in [0.15, 0.2) is 42.6 Å². The number of halogens is 3. The number of nitrogens with zero attached hydrogens (tertiary/aromatic N) is 5. The van der Waals surface area contributed by atoms with E-state index in [1.165, 1.54) is 4.57 Å². The van der Waals surface area contributed by atoms with Gasteiger partial charge in [0, 0.05) is 43.2 Å². The first-order chi connectivity index (χ1) is 23.9. The zero-order chi connectivity index (χ0) is 35.4. The van der Waals surface area contributed by atoms with Gasteiger partial charge in [-0.1, -0.05) is 12.0 Å². The lowest BCUT2D eigenvalue weighted by molar-refractivity contribution is -0.140. The second kappa shape index (κ2) is 15.0. The number of nitriles is 1. The number of aromatic nitrogens is 2. The Labute approximate surface area is 292 Å². The van der Waals surface area contributed by atoms with E-state index in [1.54, 1.807) is 44.3 Å². The summed E-state index contributed by atoms with van der Waals surface area (Å²) in [6, 6.07) is 13.3. The van der Waals surface area contributed by atoms with Crippen molar-refractivity contribution < 1.29 is 22.7 Å². The average molecular weight is 690 g/mol. The number of nitrogens with one attached hydrogen (secondary N) is 2. The number of rotatable bonds is 9. The molecule has 0 unspecified atom stereocenters. The minimum atomic E-state index is -4.40. The van der Waals surface area contributed by atoms with E-state index in [9.17, 15) is 23.2 Å². The number of hydrogen-bond donors (Lipinski definition) is 2. The van der Waals surface area contributed by atoms with Crippen molar-refractivity contribution in [3.05, 3.63) is 59.5 Å². The summed E-state index contributed by atoms with van der Waals surface area (Å²) in [6.07, 6.45) is 2.30. The molecule has 266 valence electrons. The summed E-state index contributed by atoms with van der Waals surface area (Å²) in [6.45, 7) is 8.82. The van der Waals surface area contributed by atoms with Crippen molar-refractivity contribution in [3.63, 3.8) is 0 Å². The van der Waals surface area contributed by atoms with Crippen LogP contribution in [0.1, 0.15) is 62.9 Å². The number of fused-ring (bicyclic) bond motifs is 1. The third kappa shape index (κ3) is 8.79. The molecule has 2 N–H and O–H groups in total. The van der Waals surface area contributed by atoms with Crippen LogP contribution in [-0.2, 0) is 28.0 Å². The number of ether oxygens (including phenoxy) is 1. The highest BCUT2D eigenvalue weighted by molar-refractivity contribution is 5.83. The monoisotopic (exact) mass is 689 g/mol. The summed E-state index contributed by atoms with van der Waals surface area (Å²) in [5, 5.41) is 16.7. The van der Waals surface area contributed by atoms with Gasteiger partial charge in [-0.2, -0.15) is 18.4 Å². The van der Waals surface area contributed by atoms with Crippen molar-refractivity contribution in [2.75, 3.05) is 57.8 Å². The Morgan fingerprint density at radius 1 is 1.08 bits per heavy atom. The molecule has 3 aliphatic heterocycles. The SMILES string of the molecule is CC(C)(C#N)c1ccc(NCC#Cc2cc3cc(CNC4CCN(C(=O)CN5CCC6(CCOC6)CC5)CC4)ccc3n2CC(F)(F)F)cn1. The lowest BCUT2D eigenvalue weighted by Gasteiger charge is -2.39. The standard InChI is InChI=1S/C38H46F3N7O2/c1-36(2,25-42)34-8-6-31(23-45-34)43-14-3-4-32-21-29-20-28(5-7-33(29)48(32)26-38(39,40)41)22-44-30-9-15-47(16-10-30)35(49)24-46-17-11-37(12-18-46)13-19-50-27-37/h5-8,20-21,23,30,43-44H,9-19,22,24,26-27H2,1-2H3. The fourth-order valence-electron chi connectivity index (χ4n) is 7.21. The molecule has 1 amide bonds. The van der Waals surface area contributed by atoms with Gasteiger partial charge in [0.2, 0.25) is 5.91 Å². The molecule has 0 saturated carbocycles. The number of pyridine rings is 1. The molecule has 1 spiro atoms. The van der Waals surface area contributed by atoms with Gasteiger partial charge in [0.15, 0.2) is 0 Å². The molecular formula is C38H46F3N7O2. The second-order valence-corrected chi connectivity index (χ2v) is 14.6. The molecule has 5 heterocycles. The Kier molecular flexibility index (Phi) is 10.7. The Balaban J connectivity index is 1.01. The number of amides is 1. The summed E-state index contributed by atoms with van der Waals surface area (Å²) in [7, 11) is 0. The summed E-state index contributed by atoms with van der Waals surface area (Å²) in [5.74, 6) is 6.07. The topological polar surface area (TPSA) is 98.5 Å². The number of alkyl halides is 3. The van der Waals surface area contributed by atoms with Crippen molar-refractivity contribution >= 4 is 22.5 Å². The zero-order valence-corrected chi connectivity index (χ0v) is 28.9. The van der Waals surface area contributed by atoms with Gasteiger partial charge in [0.05, 0.1) is 54.5 Å². The smallest absolute Gasteiger partial charge is 0.381 e. The second-order valence-electron chi connectivity index (χ2n) is 14.6. The Morgan fingerprint density at radius 3 is 2.52 bits per heavy atom.